The third kappa shape index (κ3) is 2.22. The van der Waals surface area contributed by atoms with Crippen molar-refractivity contribution in [1.29, 1.82) is 0 Å². The maximum Gasteiger partial charge on any atom is 0.160 e. The van der Waals surface area contributed by atoms with Gasteiger partial charge >= 0.3 is 0 Å². The summed E-state index contributed by atoms with van der Waals surface area (Å²) in [6.07, 6.45) is 2.60. The number of hydrogen-bond donors (Lipinski definition) is 0. The Balaban J connectivity index is 2.11. The molecule has 0 spiro atoms. The Morgan fingerprint density at radius 2 is 1.95 bits per heavy atom. The van der Waals surface area contributed by atoms with Gasteiger partial charge in [0, 0.05) is 12.2 Å². The van der Waals surface area contributed by atoms with E-state index in [1.807, 2.05) is 26.0 Å². The van der Waals surface area contributed by atoms with Crippen molar-refractivity contribution in [2.75, 3.05) is 0 Å². The molecular weight excluding hydrogens is 270 g/mol. The Bertz CT molecular complexity index is 638. The highest BCUT2D eigenvalue weighted by atomic mass is 35.5. The molecule has 0 radical (unpaired) electrons. The topological polar surface area (TPSA) is 30.7 Å². The number of halogens is 1. The first-order chi connectivity index (χ1) is 9.43. The van der Waals surface area contributed by atoms with Gasteiger partial charge < -0.3 is 4.57 Å². The van der Waals surface area contributed by atoms with Crippen LogP contribution >= 0.6 is 11.6 Å². The van der Waals surface area contributed by atoms with Crippen LogP contribution in [0, 0.1) is 18.3 Å². The van der Waals surface area contributed by atoms with Gasteiger partial charge in [-0.15, -0.1) is 11.6 Å². The summed E-state index contributed by atoms with van der Waals surface area (Å²) in [7, 11) is 0. The van der Waals surface area contributed by atoms with Crippen molar-refractivity contribution in [3.63, 3.8) is 0 Å². The molecule has 2 aromatic rings. The van der Waals surface area contributed by atoms with Gasteiger partial charge in [-0.1, -0.05) is 13.8 Å². The Hall–Kier alpha value is -1.09. The van der Waals surface area contributed by atoms with Crippen LogP contribution in [0.3, 0.4) is 0 Å². The predicted molar refractivity (Wildman–Crippen MR) is 83.0 cm³/mol. The average molecular weight is 292 g/mol. The Morgan fingerprint density at radius 1 is 1.25 bits per heavy atom. The molecule has 1 atom stereocenters. The number of nitrogens with zero attached hydrogens (tertiary/aromatic N) is 3. The van der Waals surface area contributed by atoms with Gasteiger partial charge in [-0.25, -0.2) is 9.97 Å². The lowest BCUT2D eigenvalue weighted by molar-refractivity contribution is 0.308. The molecule has 0 bridgehead atoms. The van der Waals surface area contributed by atoms with Crippen LogP contribution in [-0.2, 0) is 6.54 Å². The minimum Gasteiger partial charge on any atom is -0.311 e. The van der Waals surface area contributed by atoms with E-state index in [2.05, 4.69) is 18.4 Å². The van der Waals surface area contributed by atoms with Crippen LogP contribution in [0.15, 0.2) is 12.1 Å². The number of imidazole rings is 1. The van der Waals surface area contributed by atoms with E-state index < -0.39 is 0 Å². The molecule has 0 aliphatic heterocycles. The van der Waals surface area contributed by atoms with Crippen LogP contribution in [0.5, 0.6) is 0 Å². The summed E-state index contributed by atoms with van der Waals surface area (Å²) in [4.78, 5) is 9.38. The summed E-state index contributed by atoms with van der Waals surface area (Å²) >= 11 is 6.34. The zero-order valence-electron chi connectivity index (χ0n) is 12.7. The lowest BCUT2D eigenvalue weighted by Crippen LogP contribution is -2.19. The minimum atomic E-state index is -0.0903. The molecule has 1 fully saturated rings. The van der Waals surface area contributed by atoms with Crippen LogP contribution in [0.2, 0.25) is 0 Å². The highest BCUT2D eigenvalue weighted by Gasteiger charge is 2.46. The summed E-state index contributed by atoms with van der Waals surface area (Å²) in [5, 5.41) is -0.0903. The maximum atomic E-state index is 6.34. The molecule has 0 saturated heterocycles. The number of aromatic nitrogens is 3. The number of aryl methyl sites for hydroxylation is 1. The lowest BCUT2D eigenvalue weighted by Gasteiger charge is -2.22. The second-order valence-electron chi connectivity index (χ2n) is 6.48. The molecule has 3 rings (SSSR count). The standard InChI is InChI=1S/C16H22ClN3/c1-10(2)16(7-8-16)9-20-14(12(4)17)19-13-6-5-11(3)18-15(13)20/h5-6,10,12H,7-9H2,1-4H3. The van der Waals surface area contributed by atoms with Gasteiger partial charge in [0.1, 0.15) is 11.3 Å². The second kappa shape index (κ2) is 4.73. The van der Waals surface area contributed by atoms with Crippen molar-refractivity contribution < 1.29 is 0 Å². The first kappa shape index (κ1) is 13.9. The molecule has 1 unspecified atom stereocenters. The van der Waals surface area contributed by atoms with Crippen LogP contribution in [0.4, 0.5) is 0 Å². The fraction of sp³-hybridized carbons (Fsp3) is 0.625. The van der Waals surface area contributed by atoms with Gasteiger partial charge in [-0.2, -0.15) is 0 Å². The van der Waals surface area contributed by atoms with E-state index >= 15 is 0 Å². The van der Waals surface area contributed by atoms with E-state index in [1.165, 1.54) is 12.8 Å². The van der Waals surface area contributed by atoms with Crippen molar-refractivity contribution >= 4 is 22.8 Å². The molecular formula is C16H22ClN3. The van der Waals surface area contributed by atoms with E-state index in [-0.39, 0.29) is 5.38 Å². The lowest BCUT2D eigenvalue weighted by atomic mass is 9.92. The van der Waals surface area contributed by atoms with Gasteiger partial charge in [-0.3, -0.25) is 0 Å². The molecule has 3 nitrogen and oxygen atoms in total. The third-order valence-corrected chi connectivity index (χ3v) is 4.90. The summed E-state index contributed by atoms with van der Waals surface area (Å²) in [6.45, 7) is 9.63. The van der Waals surface area contributed by atoms with E-state index in [0.29, 0.717) is 11.3 Å². The number of fused-ring (bicyclic) bond motifs is 1. The molecule has 1 saturated carbocycles. The molecule has 108 valence electrons. The van der Waals surface area contributed by atoms with Crippen molar-refractivity contribution in [3.8, 4) is 0 Å². The zero-order valence-corrected chi connectivity index (χ0v) is 13.4. The van der Waals surface area contributed by atoms with Crippen LogP contribution in [-0.4, -0.2) is 14.5 Å². The Kier molecular flexibility index (Phi) is 3.28. The summed E-state index contributed by atoms with van der Waals surface area (Å²) < 4.78 is 2.26. The predicted octanol–water partition coefficient (Wildman–Crippen LogP) is 4.48. The van der Waals surface area contributed by atoms with Gasteiger partial charge in [0.2, 0.25) is 0 Å². The largest absolute Gasteiger partial charge is 0.311 e. The number of hydrogen-bond acceptors (Lipinski definition) is 2. The van der Waals surface area contributed by atoms with Crippen molar-refractivity contribution in [1.82, 2.24) is 14.5 Å². The second-order valence-corrected chi connectivity index (χ2v) is 7.14. The number of pyridine rings is 1. The minimum absolute atomic E-state index is 0.0903. The molecule has 1 aliphatic carbocycles. The fourth-order valence-corrected chi connectivity index (χ4v) is 3.13. The highest BCUT2D eigenvalue weighted by molar-refractivity contribution is 6.20. The number of rotatable bonds is 4. The molecule has 2 heterocycles. The number of alkyl halides is 1. The van der Waals surface area contributed by atoms with E-state index in [9.17, 15) is 0 Å². The molecule has 0 N–H and O–H groups in total. The summed E-state index contributed by atoms with van der Waals surface area (Å²) in [6, 6.07) is 4.06. The van der Waals surface area contributed by atoms with Gasteiger partial charge in [0.15, 0.2) is 5.65 Å². The SMILES string of the molecule is Cc1ccc2nc(C(C)Cl)n(CC3(C(C)C)CC3)c2n1. The van der Waals surface area contributed by atoms with E-state index in [1.54, 1.807) is 0 Å². The molecule has 4 heteroatoms. The monoisotopic (exact) mass is 291 g/mol. The van der Waals surface area contributed by atoms with Crippen molar-refractivity contribution in [2.45, 2.75) is 52.5 Å². The zero-order chi connectivity index (χ0) is 14.5. The maximum absolute atomic E-state index is 6.34. The smallest absolute Gasteiger partial charge is 0.160 e. The highest BCUT2D eigenvalue weighted by Crippen LogP contribution is 2.53. The summed E-state index contributed by atoms with van der Waals surface area (Å²) in [5.41, 5.74) is 3.39. The fourth-order valence-electron chi connectivity index (χ4n) is 2.97. The normalized spacial score (nSPS) is 18.7. The third-order valence-electron chi connectivity index (χ3n) is 4.71. The van der Waals surface area contributed by atoms with Gasteiger partial charge in [0.25, 0.3) is 0 Å². The molecule has 1 aliphatic rings. The van der Waals surface area contributed by atoms with E-state index in [4.69, 9.17) is 21.6 Å². The van der Waals surface area contributed by atoms with Crippen LogP contribution in [0.25, 0.3) is 11.2 Å². The molecule has 2 aromatic heterocycles. The average Bonchev–Trinajstić information content (AvgIpc) is 3.08. The molecule has 0 amide bonds. The van der Waals surface area contributed by atoms with Gasteiger partial charge in [-0.05, 0) is 50.2 Å². The Morgan fingerprint density at radius 3 is 2.50 bits per heavy atom. The van der Waals surface area contributed by atoms with Crippen LogP contribution in [0.1, 0.15) is 50.5 Å². The van der Waals surface area contributed by atoms with Crippen molar-refractivity contribution in [2.24, 2.45) is 11.3 Å². The first-order valence-electron chi connectivity index (χ1n) is 7.41. The first-order valence-corrected chi connectivity index (χ1v) is 7.84. The molecule has 20 heavy (non-hydrogen) atoms. The summed E-state index contributed by atoms with van der Waals surface area (Å²) in [5.74, 6) is 1.63. The quantitative estimate of drug-likeness (QED) is 0.778. The van der Waals surface area contributed by atoms with Gasteiger partial charge in [0.05, 0.1) is 5.38 Å². The van der Waals surface area contributed by atoms with Crippen molar-refractivity contribution in [3.05, 3.63) is 23.7 Å². The molecule has 0 aromatic carbocycles. The van der Waals surface area contributed by atoms with E-state index in [0.717, 1.165) is 29.2 Å². The Labute approximate surface area is 125 Å². The van der Waals surface area contributed by atoms with Crippen LogP contribution < -0.4 is 0 Å².